The van der Waals surface area contributed by atoms with E-state index in [0.29, 0.717) is 29.3 Å². The lowest BCUT2D eigenvalue weighted by Crippen LogP contribution is -2.26. The van der Waals surface area contributed by atoms with Gasteiger partial charge in [0.15, 0.2) is 11.2 Å². The maximum Gasteiger partial charge on any atom is 0.278 e. The van der Waals surface area contributed by atoms with Crippen LogP contribution in [0.5, 0.6) is 0 Å². The van der Waals surface area contributed by atoms with Crippen molar-refractivity contribution in [2.24, 2.45) is 7.05 Å². The molecule has 29 heavy (non-hydrogen) atoms. The van der Waals surface area contributed by atoms with Gasteiger partial charge in [-0.2, -0.15) is 5.10 Å². The first-order chi connectivity index (χ1) is 13.7. The van der Waals surface area contributed by atoms with Gasteiger partial charge in [-0.15, -0.1) is 0 Å². The highest BCUT2D eigenvalue weighted by molar-refractivity contribution is 5.76. The third-order valence-electron chi connectivity index (χ3n) is 4.95. The number of aromatic nitrogens is 6. The Bertz CT molecular complexity index is 1050. The number of rotatable bonds is 2. The molecule has 3 aromatic heterocycles. The van der Waals surface area contributed by atoms with Gasteiger partial charge >= 0.3 is 0 Å². The van der Waals surface area contributed by atoms with Crippen LogP contribution in [0.15, 0.2) is 23.5 Å². The number of likely N-dealkylation sites (tertiary alicyclic amines) is 1. The van der Waals surface area contributed by atoms with E-state index in [1.54, 1.807) is 10.8 Å². The molecule has 0 atom stereocenters. The van der Waals surface area contributed by atoms with Gasteiger partial charge in [0.25, 0.3) is 5.56 Å². The number of aromatic amines is 1. The number of H-pyrrole nitrogens is 1. The Balaban J connectivity index is 0.000000224. The van der Waals surface area contributed by atoms with Crippen molar-refractivity contribution in [1.29, 1.82) is 0 Å². The number of hydrogen-bond donors (Lipinski definition) is 1. The smallest absolute Gasteiger partial charge is 0.278 e. The summed E-state index contributed by atoms with van der Waals surface area (Å²) in [6.45, 7) is 10.1. The quantitative estimate of drug-likeness (QED) is 0.712. The number of carbonyl (C=O) groups excluding carboxylic acids is 1. The Labute approximate surface area is 169 Å². The number of carbonyl (C=O) groups is 1. The van der Waals surface area contributed by atoms with Crippen LogP contribution in [0.1, 0.15) is 47.0 Å². The molecule has 1 amide bonds. The first-order valence-electron chi connectivity index (χ1n) is 9.95. The van der Waals surface area contributed by atoms with Gasteiger partial charge in [-0.3, -0.25) is 14.3 Å². The molecule has 1 saturated heterocycles. The summed E-state index contributed by atoms with van der Waals surface area (Å²) in [5.41, 5.74) is 1.43. The van der Waals surface area contributed by atoms with Crippen molar-refractivity contribution < 1.29 is 4.79 Å². The molecule has 1 fully saturated rings. The minimum atomic E-state index is -0.236. The van der Waals surface area contributed by atoms with Crippen molar-refractivity contribution in [2.45, 2.75) is 52.5 Å². The van der Waals surface area contributed by atoms with Gasteiger partial charge in [-0.05, 0) is 33.6 Å². The summed E-state index contributed by atoms with van der Waals surface area (Å²) in [5.74, 6) is 0.993. The standard InChI is InChI=1S/C13H16N6O.C7H13NO/c1-13(2,3)19-6-8(5-16-19)10-17-9-11(18(10)4)14-7-15-12(9)20;1-2-7(9)8-5-3-4-6-8/h5-7H,1-4H3,(H,14,15,20);2-6H2,1H3. The van der Waals surface area contributed by atoms with Crippen LogP contribution in [-0.2, 0) is 17.4 Å². The van der Waals surface area contributed by atoms with Gasteiger partial charge in [0.2, 0.25) is 5.91 Å². The minimum absolute atomic E-state index is 0.0987. The average Bonchev–Trinajstić information content (AvgIpc) is 3.42. The monoisotopic (exact) mass is 399 g/mol. The maximum atomic E-state index is 11.7. The molecule has 9 nitrogen and oxygen atoms in total. The van der Waals surface area contributed by atoms with Crippen LogP contribution in [-0.4, -0.2) is 53.2 Å². The molecule has 0 aromatic carbocycles. The lowest BCUT2D eigenvalue weighted by Gasteiger charge is -2.18. The second-order valence-corrected chi connectivity index (χ2v) is 8.18. The molecule has 4 rings (SSSR count). The van der Waals surface area contributed by atoms with E-state index in [2.05, 4.69) is 40.8 Å². The van der Waals surface area contributed by atoms with Crippen molar-refractivity contribution in [3.63, 3.8) is 0 Å². The molecule has 0 bridgehead atoms. The summed E-state index contributed by atoms with van der Waals surface area (Å²) >= 11 is 0. The number of hydrogen-bond acceptors (Lipinski definition) is 5. The van der Waals surface area contributed by atoms with E-state index >= 15 is 0 Å². The third kappa shape index (κ3) is 4.38. The van der Waals surface area contributed by atoms with Crippen molar-refractivity contribution in [3.05, 3.63) is 29.1 Å². The molecule has 0 radical (unpaired) electrons. The second kappa shape index (κ2) is 8.18. The topological polar surface area (TPSA) is 102 Å². The van der Waals surface area contributed by atoms with E-state index in [9.17, 15) is 9.59 Å². The van der Waals surface area contributed by atoms with Crippen LogP contribution in [0.4, 0.5) is 0 Å². The van der Waals surface area contributed by atoms with E-state index in [0.717, 1.165) is 18.7 Å². The van der Waals surface area contributed by atoms with E-state index < -0.39 is 0 Å². The molecule has 156 valence electrons. The summed E-state index contributed by atoms with van der Waals surface area (Å²) in [4.78, 5) is 35.7. The van der Waals surface area contributed by atoms with Crippen molar-refractivity contribution in [3.8, 4) is 11.4 Å². The van der Waals surface area contributed by atoms with Crippen molar-refractivity contribution in [2.75, 3.05) is 13.1 Å². The zero-order chi connectivity index (χ0) is 21.2. The number of aryl methyl sites for hydroxylation is 1. The van der Waals surface area contributed by atoms with Gasteiger partial charge in [0.05, 0.1) is 23.6 Å². The van der Waals surface area contributed by atoms with Gasteiger partial charge in [0, 0.05) is 32.8 Å². The van der Waals surface area contributed by atoms with Crippen LogP contribution >= 0.6 is 0 Å². The number of imidazole rings is 1. The van der Waals surface area contributed by atoms with Crippen molar-refractivity contribution in [1.82, 2.24) is 34.2 Å². The van der Waals surface area contributed by atoms with E-state index in [1.807, 2.05) is 29.7 Å². The molecule has 1 N–H and O–H groups in total. The predicted octanol–water partition coefficient (Wildman–Crippen LogP) is 2.29. The van der Waals surface area contributed by atoms with Crippen LogP contribution in [0.3, 0.4) is 0 Å². The van der Waals surface area contributed by atoms with Crippen LogP contribution in [0.25, 0.3) is 22.6 Å². The third-order valence-corrected chi connectivity index (χ3v) is 4.95. The molecule has 1 aliphatic heterocycles. The molecule has 0 saturated carbocycles. The van der Waals surface area contributed by atoms with Crippen LogP contribution < -0.4 is 5.56 Å². The molecule has 3 aromatic rings. The first-order valence-corrected chi connectivity index (χ1v) is 9.95. The fraction of sp³-hybridized carbons (Fsp3) is 0.550. The molecular weight excluding hydrogens is 370 g/mol. The Kier molecular flexibility index (Phi) is 5.86. The zero-order valence-corrected chi connectivity index (χ0v) is 17.8. The lowest BCUT2D eigenvalue weighted by atomic mass is 10.1. The van der Waals surface area contributed by atoms with Gasteiger partial charge < -0.3 is 14.5 Å². The molecule has 9 heteroatoms. The summed E-state index contributed by atoms with van der Waals surface area (Å²) < 4.78 is 3.67. The fourth-order valence-electron chi connectivity index (χ4n) is 3.26. The molecular formula is C20H29N7O2. The number of amides is 1. The van der Waals surface area contributed by atoms with Crippen LogP contribution in [0, 0.1) is 0 Å². The van der Waals surface area contributed by atoms with Gasteiger partial charge in [-0.1, -0.05) is 6.92 Å². The SMILES string of the molecule is CCC(=O)N1CCCC1.Cn1c(-c2cnn(C(C)(C)C)c2)nc2c(=O)[nH]cnc21. The lowest BCUT2D eigenvalue weighted by molar-refractivity contribution is -0.129. The number of nitrogens with one attached hydrogen (secondary N) is 1. The predicted molar refractivity (Wildman–Crippen MR) is 111 cm³/mol. The minimum Gasteiger partial charge on any atom is -0.343 e. The molecule has 4 heterocycles. The molecule has 0 aliphatic carbocycles. The van der Waals surface area contributed by atoms with Crippen molar-refractivity contribution >= 4 is 17.1 Å². The Morgan fingerprint density at radius 3 is 2.48 bits per heavy atom. The highest BCUT2D eigenvalue weighted by Gasteiger charge is 2.18. The largest absolute Gasteiger partial charge is 0.343 e. The zero-order valence-electron chi connectivity index (χ0n) is 17.8. The van der Waals surface area contributed by atoms with Gasteiger partial charge in [-0.25, -0.2) is 9.97 Å². The fourth-order valence-corrected chi connectivity index (χ4v) is 3.26. The number of fused-ring (bicyclic) bond motifs is 1. The average molecular weight is 399 g/mol. The summed E-state index contributed by atoms with van der Waals surface area (Å²) in [5, 5.41) is 4.35. The highest BCUT2D eigenvalue weighted by atomic mass is 16.2. The van der Waals surface area contributed by atoms with Crippen LogP contribution in [0.2, 0.25) is 0 Å². The summed E-state index contributed by atoms with van der Waals surface area (Å²) in [6.07, 6.45) is 8.13. The summed E-state index contributed by atoms with van der Waals surface area (Å²) in [6, 6.07) is 0. The van der Waals surface area contributed by atoms with E-state index in [-0.39, 0.29) is 11.1 Å². The number of nitrogens with zero attached hydrogens (tertiary/aromatic N) is 6. The van der Waals surface area contributed by atoms with E-state index in [4.69, 9.17) is 0 Å². The summed E-state index contributed by atoms with van der Waals surface area (Å²) in [7, 11) is 1.84. The second-order valence-electron chi connectivity index (χ2n) is 8.18. The van der Waals surface area contributed by atoms with Gasteiger partial charge in [0.1, 0.15) is 5.82 Å². The molecule has 0 unspecified atom stereocenters. The Morgan fingerprint density at radius 2 is 1.93 bits per heavy atom. The molecule has 1 aliphatic rings. The van der Waals surface area contributed by atoms with E-state index in [1.165, 1.54) is 19.2 Å². The highest BCUT2D eigenvalue weighted by Crippen LogP contribution is 2.22. The first kappa shape index (κ1) is 20.8. The Morgan fingerprint density at radius 1 is 1.24 bits per heavy atom. The maximum absolute atomic E-state index is 11.7. The Hall–Kier alpha value is -2.97. The molecule has 0 spiro atoms. The normalized spacial score (nSPS) is 14.2.